The molecule has 5 nitrogen and oxygen atoms in total. The summed E-state index contributed by atoms with van der Waals surface area (Å²) in [5.74, 6) is 0.457. The van der Waals surface area contributed by atoms with Gasteiger partial charge in [-0.05, 0) is 43.5 Å². The number of piperazine rings is 1. The number of carbonyl (C=O) groups is 1. The van der Waals surface area contributed by atoms with Crippen LogP contribution < -0.4 is 10.1 Å². The summed E-state index contributed by atoms with van der Waals surface area (Å²) in [5, 5.41) is 3.20. The number of halogens is 1. The molecule has 1 heterocycles. The fraction of sp³-hybridized carbons (Fsp3) is 0.650. The lowest BCUT2D eigenvalue weighted by atomic mass is 9.96. The normalized spacial score (nSPS) is 19.3. The van der Waals surface area contributed by atoms with Crippen molar-refractivity contribution in [2.75, 3.05) is 39.3 Å². The van der Waals surface area contributed by atoms with Gasteiger partial charge >= 0.3 is 6.03 Å². The van der Waals surface area contributed by atoms with E-state index >= 15 is 0 Å². The van der Waals surface area contributed by atoms with Crippen molar-refractivity contribution >= 4 is 6.03 Å². The molecule has 26 heavy (non-hydrogen) atoms. The van der Waals surface area contributed by atoms with Crippen LogP contribution in [-0.4, -0.2) is 61.2 Å². The van der Waals surface area contributed by atoms with Crippen molar-refractivity contribution in [3.05, 3.63) is 30.1 Å². The zero-order valence-corrected chi connectivity index (χ0v) is 15.5. The molecule has 1 aromatic carbocycles. The number of carbonyl (C=O) groups excluding carboxylic acids is 1. The van der Waals surface area contributed by atoms with Crippen LogP contribution in [0.3, 0.4) is 0 Å². The first-order valence-electron chi connectivity index (χ1n) is 9.87. The molecule has 0 aromatic heterocycles. The fourth-order valence-corrected chi connectivity index (χ4v) is 3.70. The molecule has 1 aromatic rings. The highest BCUT2D eigenvalue weighted by Crippen LogP contribution is 2.18. The average molecular weight is 363 g/mol. The molecule has 1 aliphatic heterocycles. The van der Waals surface area contributed by atoms with Crippen molar-refractivity contribution in [3.8, 4) is 5.75 Å². The van der Waals surface area contributed by atoms with Gasteiger partial charge in [0.2, 0.25) is 0 Å². The summed E-state index contributed by atoms with van der Waals surface area (Å²) < 4.78 is 18.5. The third-order valence-electron chi connectivity index (χ3n) is 5.29. The van der Waals surface area contributed by atoms with Crippen LogP contribution in [0.2, 0.25) is 0 Å². The second-order valence-electron chi connectivity index (χ2n) is 7.27. The molecule has 1 aliphatic carbocycles. The van der Waals surface area contributed by atoms with Gasteiger partial charge in [0.25, 0.3) is 0 Å². The highest BCUT2D eigenvalue weighted by Gasteiger charge is 2.23. The number of hydrogen-bond donors (Lipinski definition) is 1. The van der Waals surface area contributed by atoms with Crippen molar-refractivity contribution in [1.29, 1.82) is 0 Å². The molecule has 0 radical (unpaired) electrons. The Bertz CT molecular complexity index is 553. The largest absolute Gasteiger partial charge is 0.494 e. The Balaban J connectivity index is 1.28. The number of benzene rings is 1. The van der Waals surface area contributed by atoms with E-state index in [-0.39, 0.29) is 11.8 Å². The molecule has 0 spiro atoms. The minimum Gasteiger partial charge on any atom is -0.494 e. The van der Waals surface area contributed by atoms with Crippen LogP contribution in [0.25, 0.3) is 0 Å². The maximum Gasteiger partial charge on any atom is 0.317 e. The van der Waals surface area contributed by atoms with E-state index in [9.17, 15) is 9.18 Å². The van der Waals surface area contributed by atoms with Crippen LogP contribution in [0.4, 0.5) is 9.18 Å². The Kier molecular flexibility index (Phi) is 7.12. The number of urea groups is 1. The molecular weight excluding hydrogens is 333 g/mol. The van der Waals surface area contributed by atoms with Crippen molar-refractivity contribution in [2.24, 2.45) is 0 Å². The van der Waals surface area contributed by atoms with Crippen LogP contribution in [0.15, 0.2) is 24.3 Å². The smallest absolute Gasteiger partial charge is 0.317 e. The zero-order chi connectivity index (χ0) is 18.2. The predicted octanol–water partition coefficient (Wildman–Crippen LogP) is 3.25. The van der Waals surface area contributed by atoms with E-state index in [0.717, 1.165) is 52.0 Å². The number of nitrogens with zero attached hydrogens (tertiary/aromatic N) is 2. The highest BCUT2D eigenvalue weighted by molar-refractivity contribution is 5.74. The van der Waals surface area contributed by atoms with E-state index < -0.39 is 0 Å². The minimum atomic E-state index is -0.247. The lowest BCUT2D eigenvalue weighted by molar-refractivity contribution is 0.131. The average Bonchev–Trinajstić information content (AvgIpc) is 2.68. The number of rotatable bonds is 6. The van der Waals surface area contributed by atoms with Gasteiger partial charge in [-0.2, -0.15) is 0 Å². The lowest BCUT2D eigenvalue weighted by Crippen LogP contribution is -2.53. The molecule has 3 rings (SSSR count). The quantitative estimate of drug-likeness (QED) is 0.789. The topological polar surface area (TPSA) is 44.8 Å². The molecule has 2 fully saturated rings. The molecule has 0 unspecified atom stereocenters. The Morgan fingerprint density at radius 1 is 1.08 bits per heavy atom. The Morgan fingerprint density at radius 3 is 2.46 bits per heavy atom. The SMILES string of the molecule is O=C(NC1CCCCC1)N1CCN(CCCOc2ccc(F)cc2)CC1. The number of ether oxygens (including phenoxy) is 1. The van der Waals surface area contributed by atoms with E-state index in [1.807, 2.05) is 4.90 Å². The standard InChI is InChI=1S/C20H30FN3O2/c21-17-7-9-19(10-8-17)26-16-4-11-23-12-14-24(15-13-23)20(25)22-18-5-2-1-3-6-18/h7-10,18H,1-6,11-16H2,(H,22,25). The van der Waals surface area contributed by atoms with Crippen molar-refractivity contribution < 1.29 is 13.9 Å². The molecule has 1 saturated heterocycles. The van der Waals surface area contributed by atoms with Gasteiger partial charge in [-0.3, -0.25) is 4.90 Å². The third-order valence-corrected chi connectivity index (χ3v) is 5.29. The summed E-state index contributed by atoms with van der Waals surface area (Å²) in [6, 6.07) is 6.60. The van der Waals surface area contributed by atoms with E-state index in [4.69, 9.17) is 4.74 Å². The van der Waals surface area contributed by atoms with Crippen LogP contribution in [0, 0.1) is 5.82 Å². The van der Waals surface area contributed by atoms with Gasteiger partial charge in [0.1, 0.15) is 11.6 Å². The van der Waals surface area contributed by atoms with Crippen molar-refractivity contribution in [1.82, 2.24) is 15.1 Å². The summed E-state index contributed by atoms with van der Waals surface area (Å²) in [6.45, 7) is 4.98. The van der Waals surface area contributed by atoms with E-state index in [1.165, 1.54) is 31.4 Å². The second kappa shape index (κ2) is 9.76. The summed E-state index contributed by atoms with van der Waals surface area (Å²) in [7, 11) is 0. The minimum absolute atomic E-state index is 0.108. The number of hydrogen-bond acceptors (Lipinski definition) is 3. The fourth-order valence-electron chi connectivity index (χ4n) is 3.70. The maximum atomic E-state index is 12.8. The zero-order valence-electron chi connectivity index (χ0n) is 15.5. The number of nitrogens with one attached hydrogen (secondary N) is 1. The third kappa shape index (κ3) is 5.87. The van der Waals surface area contributed by atoms with Gasteiger partial charge in [0.15, 0.2) is 0 Å². The molecule has 1 saturated carbocycles. The molecule has 2 amide bonds. The molecule has 144 valence electrons. The first-order chi connectivity index (χ1) is 12.7. The second-order valence-corrected chi connectivity index (χ2v) is 7.27. The Labute approximate surface area is 155 Å². The summed E-state index contributed by atoms with van der Waals surface area (Å²) in [6.07, 6.45) is 6.94. The van der Waals surface area contributed by atoms with Crippen LogP contribution >= 0.6 is 0 Å². The molecule has 1 N–H and O–H groups in total. The monoisotopic (exact) mass is 363 g/mol. The molecule has 2 aliphatic rings. The molecule has 6 heteroatoms. The first-order valence-corrected chi connectivity index (χ1v) is 9.87. The number of amides is 2. The van der Waals surface area contributed by atoms with Crippen LogP contribution in [0.5, 0.6) is 5.75 Å². The molecule has 0 bridgehead atoms. The summed E-state index contributed by atoms with van der Waals surface area (Å²) in [4.78, 5) is 16.7. The lowest BCUT2D eigenvalue weighted by Gasteiger charge is -2.36. The summed E-state index contributed by atoms with van der Waals surface area (Å²) in [5.41, 5.74) is 0. The van der Waals surface area contributed by atoms with Gasteiger partial charge < -0.3 is 15.0 Å². The molecule has 0 atom stereocenters. The van der Waals surface area contributed by atoms with Gasteiger partial charge in [-0.15, -0.1) is 0 Å². The van der Waals surface area contributed by atoms with E-state index in [0.29, 0.717) is 18.4 Å². The van der Waals surface area contributed by atoms with Crippen LogP contribution in [0.1, 0.15) is 38.5 Å². The van der Waals surface area contributed by atoms with Gasteiger partial charge in [-0.25, -0.2) is 9.18 Å². The van der Waals surface area contributed by atoms with Crippen LogP contribution in [-0.2, 0) is 0 Å². The maximum absolute atomic E-state index is 12.8. The highest BCUT2D eigenvalue weighted by atomic mass is 19.1. The predicted molar refractivity (Wildman–Crippen MR) is 99.9 cm³/mol. The van der Waals surface area contributed by atoms with Gasteiger partial charge in [0.05, 0.1) is 6.61 Å². The van der Waals surface area contributed by atoms with Gasteiger partial charge in [-0.1, -0.05) is 19.3 Å². The molecular formula is C20H30FN3O2. The van der Waals surface area contributed by atoms with E-state index in [2.05, 4.69) is 10.2 Å². The van der Waals surface area contributed by atoms with E-state index in [1.54, 1.807) is 12.1 Å². The van der Waals surface area contributed by atoms with Crippen molar-refractivity contribution in [3.63, 3.8) is 0 Å². The Morgan fingerprint density at radius 2 is 1.77 bits per heavy atom. The van der Waals surface area contributed by atoms with Crippen molar-refractivity contribution in [2.45, 2.75) is 44.6 Å². The Hall–Kier alpha value is -1.82. The van der Waals surface area contributed by atoms with Gasteiger partial charge in [0, 0.05) is 38.8 Å². The first kappa shape index (κ1) is 19.0. The summed E-state index contributed by atoms with van der Waals surface area (Å²) >= 11 is 0.